The first kappa shape index (κ1) is 22.8. The number of alkyl halides is 1. The number of nitrogens with zero attached hydrogens (tertiary/aromatic N) is 1. The predicted octanol–water partition coefficient (Wildman–Crippen LogP) is 3.19. The van der Waals surface area contributed by atoms with Gasteiger partial charge in [-0.15, -0.1) is 0 Å². The van der Waals surface area contributed by atoms with Crippen molar-refractivity contribution in [2.24, 2.45) is 5.92 Å². The Kier molecular flexibility index (Phi) is 6.92. The quantitative estimate of drug-likeness (QED) is 0.652. The van der Waals surface area contributed by atoms with Gasteiger partial charge in [0.2, 0.25) is 5.91 Å². The third-order valence-corrected chi connectivity index (χ3v) is 6.33. The third-order valence-electron chi connectivity index (χ3n) is 6.11. The number of piperidine rings is 1. The minimum atomic E-state index is -1.49. The van der Waals surface area contributed by atoms with E-state index in [1.54, 1.807) is 12.1 Å². The summed E-state index contributed by atoms with van der Waals surface area (Å²) in [6.45, 7) is 5.28. The molecule has 1 saturated heterocycles. The number of nitrogens with one attached hydrogen (secondary N) is 2. The Morgan fingerprint density at radius 1 is 1.27 bits per heavy atom. The van der Waals surface area contributed by atoms with Gasteiger partial charge in [-0.3, -0.25) is 14.5 Å². The Morgan fingerprint density at radius 3 is 2.53 bits per heavy atom. The predicted molar refractivity (Wildman–Crippen MR) is 115 cm³/mol. The van der Waals surface area contributed by atoms with Gasteiger partial charge < -0.3 is 15.4 Å². The molecule has 0 atom stereocenters. The van der Waals surface area contributed by atoms with E-state index in [0.29, 0.717) is 35.3 Å². The van der Waals surface area contributed by atoms with Crippen LogP contribution in [0.3, 0.4) is 0 Å². The molecule has 3 rings (SSSR count). The van der Waals surface area contributed by atoms with E-state index in [1.807, 2.05) is 4.90 Å². The molecule has 6 nitrogen and oxygen atoms in total. The van der Waals surface area contributed by atoms with Crippen LogP contribution >= 0.6 is 11.6 Å². The Bertz CT molecular complexity index is 790. The zero-order chi connectivity index (χ0) is 21.9. The minimum absolute atomic E-state index is 0.0125. The fraction of sp³-hybridized carbons (Fsp3) is 0.636. The highest BCUT2D eigenvalue weighted by Crippen LogP contribution is 2.39. The first-order chi connectivity index (χ1) is 14.1. The summed E-state index contributed by atoms with van der Waals surface area (Å²) in [5.74, 6) is 0.627. The maximum atomic E-state index is 15.2. The lowest BCUT2D eigenvalue weighted by molar-refractivity contribution is -0.124. The second-order valence-corrected chi connectivity index (χ2v) is 9.47. The van der Waals surface area contributed by atoms with Crippen LogP contribution < -0.4 is 15.4 Å². The lowest BCUT2D eigenvalue weighted by atomic mass is 9.93. The number of halogens is 2. The van der Waals surface area contributed by atoms with E-state index in [4.69, 9.17) is 16.3 Å². The van der Waals surface area contributed by atoms with E-state index < -0.39 is 11.6 Å². The molecule has 1 aliphatic carbocycles. The van der Waals surface area contributed by atoms with Crippen molar-refractivity contribution in [3.63, 3.8) is 0 Å². The van der Waals surface area contributed by atoms with E-state index in [-0.39, 0.29) is 37.4 Å². The van der Waals surface area contributed by atoms with Crippen LogP contribution in [0.1, 0.15) is 49.9 Å². The topological polar surface area (TPSA) is 70.7 Å². The molecule has 2 amide bonds. The van der Waals surface area contributed by atoms with E-state index in [1.165, 1.54) is 13.2 Å². The highest BCUT2D eigenvalue weighted by atomic mass is 35.5. The van der Waals surface area contributed by atoms with E-state index in [0.717, 1.165) is 12.8 Å². The third kappa shape index (κ3) is 6.08. The van der Waals surface area contributed by atoms with Crippen LogP contribution in [-0.4, -0.2) is 61.2 Å². The van der Waals surface area contributed by atoms with Crippen LogP contribution in [0.2, 0.25) is 5.02 Å². The number of likely N-dealkylation sites (tertiary alicyclic amines) is 1. The molecule has 2 N–H and O–H groups in total. The van der Waals surface area contributed by atoms with Crippen LogP contribution in [0.4, 0.5) is 4.39 Å². The first-order valence-electron chi connectivity index (χ1n) is 10.5. The molecule has 30 heavy (non-hydrogen) atoms. The molecule has 0 spiro atoms. The summed E-state index contributed by atoms with van der Waals surface area (Å²) < 4.78 is 20.3. The van der Waals surface area contributed by atoms with E-state index in [9.17, 15) is 9.59 Å². The van der Waals surface area contributed by atoms with Gasteiger partial charge in [0, 0.05) is 29.2 Å². The molecule has 2 fully saturated rings. The maximum absolute atomic E-state index is 15.2. The summed E-state index contributed by atoms with van der Waals surface area (Å²) in [4.78, 5) is 26.7. The van der Waals surface area contributed by atoms with Gasteiger partial charge in [-0.05, 0) is 63.6 Å². The average molecular weight is 440 g/mol. The van der Waals surface area contributed by atoms with E-state index >= 15 is 4.39 Å². The van der Waals surface area contributed by atoms with Gasteiger partial charge >= 0.3 is 0 Å². The number of rotatable bonds is 8. The fourth-order valence-electron chi connectivity index (χ4n) is 3.95. The van der Waals surface area contributed by atoms with Crippen LogP contribution in [0.5, 0.6) is 5.75 Å². The molecule has 0 bridgehead atoms. The molecule has 0 aromatic heterocycles. The Hall–Kier alpha value is -1.86. The summed E-state index contributed by atoms with van der Waals surface area (Å²) in [5.41, 5.74) is -1.34. The van der Waals surface area contributed by atoms with Gasteiger partial charge in [0.05, 0.1) is 20.2 Å². The number of methoxy groups -OCH3 is 1. The van der Waals surface area contributed by atoms with Crippen molar-refractivity contribution >= 4 is 23.4 Å². The van der Waals surface area contributed by atoms with Crippen molar-refractivity contribution in [1.82, 2.24) is 15.5 Å². The van der Waals surface area contributed by atoms with Crippen LogP contribution in [0, 0.1) is 5.92 Å². The second-order valence-electron chi connectivity index (χ2n) is 9.03. The highest BCUT2D eigenvalue weighted by Gasteiger charge is 2.39. The van der Waals surface area contributed by atoms with Gasteiger partial charge in [-0.2, -0.15) is 0 Å². The standard InChI is InChI=1S/C22H31ClFN3O3/c1-21(2,16-4-5-16)26-19(28)13-27-8-6-22(24,7-9-27)14-25-20(29)15-10-17(23)12-18(11-15)30-3/h10-12,16H,4-9,13-14H2,1-3H3,(H,25,29)(H,26,28). The number of benzene rings is 1. The SMILES string of the molecule is COc1cc(Cl)cc(C(=O)NCC2(F)CCN(CC(=O)NC(C)(C)C3CC3)CC2)c1. The molecule has 8 heteroatoms. The number of amides is 2. The molecule has 0 unspecified atom stereocenters. The summed E-state index contributed by atoms with van der Waals surface area (Å²) in [6, 6.07) is 4.69. The Morgan fingerprint density at radius 2 is 1.93 bits per heavy atom. The molecule has 1 aromatic rings. The molecule has 1 aromatic carbocycles. The highest BCUT2D eigenvalue weighted by molar-refractivity contribution is 6.31. The van der Waals surface area contributed by atoms with Gasteiger partial charge in [0.1, 0.15) is 11.4 Å². The van der Waals surface area contributed by atoms with Crippen molar-refractivity contribution < 1.29 is 18.7 Å². The molecular formula is C22H31ClFN3O3. The average Bonchev–Trinajstić information content (AvgIpc) is 3.53. The fourth-order valence-corrected chi connectivity index (χ4v) is 4.18. The Labute approximate surface area is 182 Å². The van der Waals surface area contributed by atoms with Crippen LogP contribution in [0.15, 0.2) is 18.2 Å². The van der Waals surface area contributed by atoms with Crippen LogP contribution in [0.25, 0.3) is 0 Å². The summed E-state index contributed by atoms with van der Waals surface area (Å²) in [7, 11) is 1.49. The molecule has 1 aliphatic heterocycles. The Balaban J connectivity index is 1.45. The maximum Gasteiger partial charge on any atom is 0.251 e. The van der Waals surface area contributed by atoms with Crippen molar-refractivity contribution in [1.29, 1.82) is 0 Å². The van der Waals surface area contributed by atoms with Crippen molar-refractivity contribution in [3.8, 4) is 5.75 Å². The van der Waals surface area contributed by atoms with Crippen molar-refractivity contribution in [2.75, 3.05) is 33.3 Å². The van der Waals surface area contributed by atoms with Gasteiger partial charge in [0.15, 0.2) is 0 Å². The largest absolute Gasteiger partial charge is 0.497 e. The number of ether oxygens (including phenoxy) is 1. The van der Waals surface area contributed by atoms with Gasteiger partial charge in [-0.1, -0.05) is 11.6 Å². The smallest absolute Gasteiger partial charge is 0.251 e. The number of carbonyl (C=O) groups excluding carboxylic acids is 2. The molecule has 166 valence electrons. The number of carbonyl (C=O) groups is 2. The van der Waals surface area contributed by atoms with Gasteiger partial charge in [0.25, 0.3) is 5.91 Å². The molecule has 2 aliphatic rings. The lowest BCUT2D eigenvalue weighted by Crippen LogP contribution is -2.53. The molecular weight excluding hydrogens is 409 g/mol. The van der Waals surface area contributed by atoms with E-state index in [2.05, 4.69) is 24.5 Å². The van der Waals surface area contributed by atoms with Crippen molar-refractivity contribution in [2.45, 2.75) is 50.7 Å². The van der Waals surface area contributed by atoms with Crippen LogP contribution in [-0.2, 0) is 4.79 Å². The minimum Gasteiger partial charge on any atom is -0.497 e. The zero-order valence-corrected chi connectivity index (χ0v) is 18.7. The van der Waals surface area contributed by atoms with Crippen molar-refractivity contribution in [3.05, 3.63) is 28.8 Å². The monoisotopic (exact) mass is 439 g/mol. The summed E-state index contributed by atoms with van der Waals surface area (Å²) in [6.07, 6.45) is 2.86. The number of hydrogen-bond acceptors (Lipinski definition) is 4. The normalized spacial score (nSPS) is 19.2. The number of hydrogen-bond donors (Lipinski definition) is 2. The molecule has 1 heterocycles. The second kappa shape index (κ2) is 9.10. The first-order valence-corrected chi connectivity index (χ1v) is 10.8. The zero-order valence-electron chi connectivity index (χ0n) is 17.9. The summed E-state index contributed by atoms with van der Waals surface area (Å²) in [5, 5.41) is 6.15. The molecule has 0 radical (unpaired) electrons. The lowest BCUT2D eigenvalue weighted by Gasteiger charge is -2.36. The summed E-state index contributed by atoms with van der Waals surface area (Å²) >= 11 is 6.00. The van der Waals surface area contributed by atoms with Gasteiger partial charge in [-0.25, -0.2) is 4.39 Å². The molecule has 1 saturated carbocycles.